The molecule has 1 saturated heterocycles. The Balaban J connectivity index is 1.62. The Hall–Kier alpha value is -1.94. The Morgan fingerprint density at radius 3 is 2.31 bits per heavy atom. The zero-order chi connectivity index (χ0) is 23.5. The van der Waals surface area contributed by atoms with Crippen molar-refractivity contribution in [2.45, 2.75) is 36.5 Å². The molecule has 2 aromatic rings. The van der Waals surface area contributed by atoms with Gasteiger partial charge in [0.1, 0.15) is 0 Å². The Bertz CT molecular complexity index is 1160. The molecule has 2 atom stereocenters. The van der Waals surface area contributed by atoms with Crippen LogP contribution in [0.2, 0.25) is 5.02 Å². The lowest BCUT2D eigenvalue weighted by atomic mass is 9.98. The monoisotopic (exact) mass is 498 g/mol. The van der Waals surface area contributed by atoms with E-state index in [4.69, 9.17) is 11.6 Å². The Morgan fingerprint density at radius 1 is 1.09 bits per heavy atom. The Kier molecular flexibility index (Phi) is 7.65. The number of amides is 1. The number of sulfone groups is 1. The first-order valence-corrected chi connectivity index (χ1v) is 14.2. The summed E-state index contributed by atoms with van der Waals surface area (Å²) in [6.07, 6.45) is 2.36. The smallest absolute Gasteiger partial charge is 0.224 e. The number of carbonyl (C=O) groups excluding carboxylic acids is 1. The summed E-state index contributed by atoms with van der Waals surface area (Å²) >= 11 is 5.87. The minimum atomic E-state index is -3.56. The highest BCUT2D eigenvalue weighted by molar-refractivity contribution is 7.90. The van der Waals surface area contributed by atoms with E-state index < -0.39 is 25.8 Å². The molecular formula is C22H27ClN2O5S2. The van der Waals surface area contributed by atoms with Crippen molar-refractivity contribution in [3.8, 4) is 0 Å². The predicted molar refractivity (Wildman–Crippen MR) is 124 cm³/mol. The average Bonchev–Trinajstić information content (AvgIpc) is 2.75. The largest absolute Gasteiger partial charge is 0.349 e. The summed E-state index contributed by atoms with van der Waals surface area (Å²) in [5, 5.41) is 3.47. The molecule has 0 spiro atoms. The van der Waals surface area contributed by atoms with Crippen LogP contribution in [0.25, 0.3) is 0 Å². The van der Waals surface area contributed by atoms with Gasteiger partial charge in [0.05, 0.1) is 22.6 Å². The summed E-state index contributed by atoms with van der Waals surface area (Å²) in [7, 11) is -6.85. The number of carbonyl (C=O) groups is 1. The van der Waals surface area contributed by atoms with E-state index in [2.05, 4.69) is 5.32 Å². The third kappa shape index (κ3) is 6.31. The van der Waals surface area contributed by atoms with E-state index in [0.717, 1.165) is 11.8 Å². The lowest BCUT2D eigenvalue weighted by molar-refractivity contribution is -0.126. The fraction of sp³-hybridized carbons (Fsp3) is 0.409. The zero-order valence-electron chi connectivity index (χ0n) is 18.0. The minimum Gasteiger partial charge on any atom is -0.349 e. The van der Waals surface area contributed by atoms with Crippen molar-refractivity contribution in [3.05, 3.63) is 64.7 Å². The van der Waals surface area contributed by atoms with Gasteiger partial charge in [-0.3, -0.25) is 4.79 Å². The number of nitrogens with one attached hydrogen (secondary N) is 1. The van der Waals surface area contributed by atoms with Gasteiger partial charge in [0.15, 0.2) is 9.84 Å². The molecule has 2 aromatic carbocycles. The standard InChI is InChI=1S/C22H27ClN2O5S2/c1-16(18-7-11-21(12-8-18)31(2,27)28)24-22(26)19-4-3-13-25(14-19)32(29,30)15-17-5-9-20(23)10-6-17/h5-12,16,19H,3-4,13-15H2,1-2H3,(H,24,26). The van der Waals surface area contributed by atoms with Gasteiger partial charge in [0.2, 0.25) is 15.9 Å². The van der Waals surface area contributed by atoms with E-state index in [1.165, 1.54) is 16.4 Å². The molecule has 3 rings (SSSR count). The van der Waals surface area contributed by atoms with Crippen molar-refractivity contribution in [2.24, 2.45) is 5.92 Å². The minimum absolute atomic E-state index is 0.137. The zero-order valence-corrected chi connectivity index (χ0v) is 20.4. The molecular weight excluding hydrogens is 472 g/mol. The highest BCUT2D eigenvalue weighted by Gasteiger charge is 2.32. The number of halogens is 1. The summed E-state index contributed by atoms with van der Waals surface area (Å²) in [5.74, 6) is -0.792. The van der Waals surface area contributed by atoms with E-state index in [-0.39, 0.29) is 29.1 Å². The maximum absolute atomic E-state index is 12.9. The fourth-order valence-corrected chi connectivity index (χ4v) is 6.08. The quantitative estimate of drug-likeness (QED) is 0.632. The van der Waals surface area contributed by atoms with Gasteiger partial charge in [0, 0.05) is 24.4 Å². The second-order valence-corrected chi connectivity index (χ2v) is 12.6. The molecule has 32 heavy (non-hydrogen) atoms. The third-order valence-electron chi connectivity index (χ3n) is 5.58. The average molecular weight is 499 g/mol. The van der Waals surface area contributed by atoms with Gasteiger partial charge in [0.25, 0.3) is 0 Å². The molecule has 1 amide bonds. The van der Waals surface area contributed by atoms with Gasteiger partial charge < -0.3 is 5.32 Å². The van der Waals surface area contributed by atoms with Crippen LogP contribution in [0.4, 0.5) is 0 Å². The molecule has 174 valence electrons. The van der Waals surface area contributed by atoms with Crippen LogP contribution >= 0.6 is 11.6 Å². The second-order valence-electron chi connectivity index (χ2n) is 8.15. The van der Waals surface area contributed by atoms with E-state index in [1.54, 1.807) is 36.4 Å². The Morgan fingerprint density at radius 2 is 1.72 bits per heavy atom. The number of sulfonamides is 1. The van der Waals surface area contributed by atoms with E-state index >= 15 is 0 Å². The van der Waals surface area contributed by atoms with Gasteiger partial charge >= 0.3 is 0 Å². The molecule has 1 N–H and O–H groups in total. The van der Waals surface area contributed by atoms with Crippen LogP contribution in [0.3, 0.4) is 0 Å². The molecule has 0 aromatic heterocycles. The maximum atomic E-state index is 12.9. The van der Waals surface area contributed by atoms with Crippen LogP contribution in [-0.4, -0.2) is 46.4 Å². The highest BCUT2D eigenvalue weighted by atomic mass is 35.5. The molecule has 0 aliphatic carbocycles. The molecule has 0 bridgehead atoms. The van der Waals surface area contributed by atoms with Gasteiger partial charge in [-0.15, -0.1) is 0 Å². The summed E-state index contributed by atoms with van der Waals surface area (Å²) in [5.41, 5.74) is 1.42. The third-order valence-corrected chi connectivity index (χ3v) is 8.77. The molecule has 0 saturated carbocycles. The molecule has 0 radical (unpaired) electrons. The van der Waals surface area contributed by atoms with Crippen LogP contribution in [0, 0.1) is 5.92 Å². The first-order chi connectivity index (χ1) is 15.0. The molecule has 10 heteroatoms. The first-order valence-electron chi connectivity index (χ1n) is 10.3. The van der Waals surface area contributed by atoms with Crippen LogP contribution in [0.15, 0.2) is 53.4 Å². The summed E-state index contributed by atoms with van der Waals surface area (Å²) in [6.45, 7) is 2.34. The van der Waals surface area contributed by atoms with Crippen molar-refractivity contribution in [1.82, 2.24) is 9.62 Å². The number of rotatable bonds is 7. The molecule has 1 heterocycles. The molecule has 7 nitrogen and oxygen atoms in total. The number of benzene rings is 2. The molecule has 1 aliphatic rings. The van der Waals surface area contributed by atoms with Crippen molar-refractivity contribution < 1.29 is 21.6 Å². The van der Waals surface area contributed by atoms with Gasteiger partial charge in [-0.25, -0.2) is 21.1 Å². The highest BCUT2D eigenvalue weighted by Crippen LogP contribution is 2.24. The maximum Gasteiger partial charge on any atom is 0.224 e. The van der Waals surface area contributed by atoms with Gasteiger partial charge in [-0.05, 0) is 55.2 Å². The van der Waals surface area contributed by atoms with Crippen LogP contribution in [0.5, 0.6) is 0 Å². The van der Waals surface area contributed by atoms with Crippen LogP contribution < -0.4 is 5.32 Å². The van der Waals surface area contributed by atoms with E-state index in [9.17, 15) is 21.6 Å². The molecule has 2 unspecified atom stereocenters. The van der Waals surface area contributed by atoms with Crippen LogP contribution in [0.1, 0.15) is 36.9 Å². The van der Waals surface area contributed by atoms with Crippen molar-refractivity contribution in [3.63, 3.8) is 0 Å². The molecule has 1 fully saturated rings. The number of hydrogen-bond donors (Lipinski definition) is 1. The number of piperidine rings is 1. The first kappa shape index (κ1) is 24.7. The number of nitrogens with zero attached hydrogens (tertiary/aromatic N) is 1. The van der Waals surface area contributed by atoms with Gasteiger partial charge in [-0.1, -0.05) is 35.9 Å². The second kappa shape index (κ2) is 9.91. The van der Waals surface area contributed by atoms with E-state index in [0.29, 0.717) is 30.0 Å². The van der Waals surface area contributed by atoms with Crippen LogP contribution in [-0.2, 0) is 30.4 Å². The summed E-state index contributed by atoms with van der Waals surface area (Å²) in [6, 6.07) is 12.7. The lowest BCUT2D eigenvalue weighted by Gasteiger charge is -2.32. The molecule has 1 aliphatic heterocycles. The lowest BCUT2D eigenvalue weighted by Crippen LogP contribution is -2.46. The summed E-state index contributed by atoms with van der Waals surface area (Å²) in [4.78, 5) is 13.0. The van der Waals surface area contributed by atoms with Crippen molar-refractivity contribution in [2.75, 3.05) is 19.3 Å². The SMILES string of the molecule is CC(NC(=O)C1CCCN(S(=O)(=O)Cc2ccc(Cl)cc2)C1)c1ccc(S(C)(=O)=O)cc1. The number of hydrogen-bond acceptors (Lipinski definition) is 5. The summed E-state index contributed by atoms with van der Waals surface area (Å²) < 4.78 is 50.4. The predicted octanol–water partition coefficient (Wildman–Crippen LogP) is 3.16. The van der Waals surface area contributed by atoms with Gasteiger partial charge in [-0.2, -0.15) is 0 Å². The topological polar surface area (TPSA) is 101 Å². The van der Waals surface area contributed by atoms with E-state index in [1.807, 2.05) is 6.92 Å². The normalized spacial score (nSPS) is 18.8. The van der Waals surface area contributed by atoms with Crippen molar-refractivity contribution >= 4 is 37.4 Å². The fourth-order valence-electron chi connectivity index (χ4n) is 3.71. The Labute approximate surface area is 194 Å². The van der Waals surface area contributed by atoms with Crippen molar-refractivity contribution in [1.29, 1.82) is 0 Å².